The van der Waals surface area contributed by atoms with Crippen LogP contribution in [-0.2, 0) is 4.74 Å². The van der Waals surface area contributed by atoms with E-state index in [2.05, 4.69) is 34.7 Å². The van der Waals surface area contributed by atoms with Crippen LogP contribution in [0, 0.1) is 0 Å². The number of aromatic nitrogens is 2. The molecule has 1 unspecified atom stereocenters. The molecule has 2 heterocycles. The number of anilines is 2. The van der Waals surface area contributed by atoms with Crippen LogP contribution in [0.5, 0.6) is 0 Å². The number of ether oxygens (including phenoxy) is 1. The lowest BCUT2D eigenvalue weighted by Gasteiger charge is -2.13. The van der Waals surface area contributed by atoms with Gasteiger partial charge in [0.05, 0.1) is 6.10 Å². The van der Waals surface area contributed by atoms with Gasteiger partial charge in [0.1, 0.15) is 5.82 Å². The molecule has 6 nitrogen and oxygen atoms in total. The van der Waals surface area contributed by atoms with Crippen LogP contribution in [0.15, 0.2) is 36.4 Å². The number of carbonyl (C=O) groups is 1. The van der Waals surface area contributed by atoms with E-state index in [1.807, 2.05) is 24.3 Å². The maximum atomic E-state index is 12.4. The summed E-state index contributed by atoms with van der Waals surface area (Å²) in [7, 11) is 0. The minimum Gasteiger partial charge on any atom is -0.376 e. The highest BCUT2D eigenvalue weighted by molar-refractivity contribution is 6.03. The smallest absolute Gasteiger partial charge is 0.276 e. The van der Waals surface area contributed by atoms with Crippen LogP contribution in [0.1, 0.15) is 48.7 Å². The fraction of sp³-hybridized carbons (Fsp3) is 0.421. The summed E-state index contributed by atoms with van der Waals surface area (Å²) in [6, 6.07) is 11.2. The van der Waals surface area contributed by atoms with Crippen molar-refractivity contribution >= 4 is 17.4 Å². The van der Waals surface area contributed by atoms with Crippen molar-refractivity contribution in [3.8, 4) is 0 Å². The maximum absolute atomic E-state index is 12.4. The average Bonchev–Trinajstić information content (AvgIpc) is 3.14. The van der Waals surface area contributed by atoms with Crippen LogP contribution in [0.3, 0.4) is 0 Å². The monoisotopic (exact) mass is 340 g/mol. The van der Waals surface area contributed by atoms with Gasteiger partial charge in [-0.2, -0.15) is 0 Å². The molecule has 0 saturated carbocycles. The molecule has 25 heavy (non-hydrogen) atoms. The summed E-state index contributed by atoms with van der Waals surface area (Å²) in [4.78, 5) is 12.4. The van der Waals surface area contributed by atoms with Crippen molar-refractivity contribution in [2.75, 3.05) is 23.8 Å². The first-order valence-electron chi connectivity index (χ1n) is 8.73. The number of amides is 1. The van der Waals surface area contributed by atoms with E-state index in [0.717, 1.165) is 30.7 Å². The van der Waals surface area contributed by atoms with Gasteiger partial charge in [-0.15, -0.1) is 10.2 Å². The Balaban J connectivity index is 1.61. The largest absolute Gasteiger partial charge is 0.376 e. The Morgan fingerprint density at radius 2 is 2.08 bits per heavy atom. The van der Waals surface area contributed by atoms with Crippen molar-refractivity contribution in [1.82, 2.24) is 10.2 Å². The van der Waals surface area contributed by atoms with Gasteiger partial charge < -0.3 is 15.4 Å². The van der Waals surface area contributed by atoms with E-state index in [0.29, 0.717) is 24.0 Å². The summed E-state index contributed by atoms with van der Waals surface area (Å²) in [6.07, 6.45) is 2.41. The Labute approximate surface area is 148 Å². The van der Waals surface area contributed by atoms with Crippen LogP contribution >= 0.6 is 0 Å². The second kappa shape index (κ2) is 8.07. The first kappa shape index (κ1) is 17.4. The number of hydrogen-bond donors (Lipinski definition) is 2. The first-order chi connectivity index (χ1) is 12.1. The van der Waals surface area contributed by atoms with Crippen molar-refractivity contribution in [3.63, 3.8) is 0 Å². The van der Waals surface area contributed by atoms with Crippen molar-refractivity contribution < 1.29 is 9.53 Å². The summed E-state index contributed by atoms with van der Waals surface area (Å²) in [5.41, 5.74) is 2.20. The van der Waals surface area contributed by atoms with Crippen LogP contribution < -0.4 is 10.6 Å². The van der Waals surface area contributed by atoms with Gasteiger partial charge in [-0.3, -0.25) is 4.79 Å². The lowest BCUT2D eigenvalue weighted by atomic mass is 10.0. The summed E-state index contributed by atoms with van der Waals surface area (Å²) in [5.74, 6) is 0.716. The number of rotatable bonds is 6. The molecule has 1 aromatic heterocycles. The molecule has 2 N–H and O–H groups in total. The van der Waals surface area contributed by atoms with Gasteiger partial charge in [0.15, 0.2) is 5.69 Å². The predicted molar refractivity (Wildman–Crippen MR) is 98.0 cm³/mol. The molecule has 0 radical (unpaired) electrons. The van der Waals surface area contributed by atoms with Gasteiger partial charge in [-0.1, -0.05) is 32.0 Å². The Morgan fingerprint density at radius 3 is 2.76 bits per heavy atom. The van der Waals surface area contributed by atoms with Gasteiger partial charge >= 0.3 is 0 Å². The summed E-state index contributed by atoms with van der Waals surface area (Å²) >= 11 is 0. The fourth-order valence-electron chi connectivity index (χ4n) is 2.87. The molecule has 0 spiro atoms. The third-order valence-corrected chi connectivity index (χ3v) is 4.26. The van der Waals surface area contributed by atoms with E-state index < -0.39 is 0 Å². The first-order valence-corrected chi connectivity index (χ1v) is 8.73. The standard InChI is InChI=1S/C19H24N4O2/c1-13(2)15-7-3-4-8-16(15)21-19(24)17-9-10-18(23-22-17)20-12-14-6-5-11-25-14/h3-4,7-10,13-14H,5-6,11-12H2,1-2H3,(H,20,23)(H,21,24). The van der Waals surface area contributed by atoms with E-state index in [1.54, 1.807) is 12.1 Å². The van der Waals surface area contributed by atoms with Crippen molar-refractivity contribution in [1.29, 1.82) is 0 Å². The molecule has 1 aliphatic rings. The Hall–Kier alpha value is -2.47. The lowest BCUT2D eigenvalue weighted by Crippen LogP contribution is -2.20. The van der Waals surface area contributed by atoms with Crippen LogP contribution in [-0.4, -0.2) is 35.4 Å². The second-order valence-corrected chi connectivity index (χ2v) is 6.52. The van der Waals surface area contributed by atoms with Gasteiger partial charge in [0, 0.05) is 18.8 Å². The number of benzene rings is 1. The highest BCUT2D eigenvalue weighted by Gasteiger charge is 2.16. The SMILES string of the molecule is CC(C)c1ccccc1NC(=O)c1ccc(NCC2CCCO2)nn1. The Kier molecular flexibility index (Phi) is 5.60. The summed E-state index contributed by atoms with van der Waals surface area (Å²) in [5, 5.41) is 14.2. The minimum absolute atomic E-state index is 0.234. The molecule has 1 fully saturated rings. The number of hydrogen-bond acceptors (Lipinski definition) is 5. The molecule has 1 aliphatic heterocycles. The highest BCUT2D eigenvalue weighted by Crippen LogP contribution is 2.24. The van der Waals surface area contributed by atoms with Crippen molar-refractivity contribution in [2.45, 2.75) is 38.7 Å². The van der Waals surface area contributed by atoms with E-state index in [1.165, 1.54) is 0 Å². The van der Waals surface area contributed by atoms with E-state index in [9.17, 15) is 4.79 Å². The number of carbonyl (C=O) groups excluding carboxylic acids is 1. The van der Waals surface area contributed by atoms with Gasteiger partial charge in [0.2, 0.25) is 0 Å². The highest BCUT2D eigenvalue weighted by atomic mass is 16.5. The van der Waals surface area contributed by atoms with Crippen LogP contribution in [0.25, 0.3) is 0 Å². The van der Waals surface area contributed by atoms with Crippen LogP contribution in [0.2, 0.25) is 0 Å². The molecule has 3 rings (SSSR count). The second-order valence-electron chi connectivity index (χ2n) is 6.52. The molecular weight excluding hydrogens is 316 g/mol. The van der Waals surface area contributed by atoms with Crippen molar-refractivity contribution in [3.05, 3.63) is 47.7 Å². The zero-order valence-electron chi connectivity index (χ0n) is 14.7. The fourth-order valence-corrected chi connectivity index (χ4v) is 2.87. The third kappa shape index (κ3) is 4.54. The van der Waals surface area contributed by atoms with Crippen LogP contribution in [0.4, 0.5) is 11.5 Å². The molecule has 6 heteroatoms. The lowest BCUT2D eigenvalue weighted by molar-refractivity contribution is 0.102. The molecule has 0 bridgehead atoms. The van der Waals surface area contributed by atoms with E-state index >= 15 is 0 Å². The zero-order chi connectivity index (χ0) is 17.6. The molecule has 1 aromatic carbocycles. The summed E-state index contributed by atoms with van der Waals surface area (Å²) in [6.45, 7) is 5.73. The number of nitrogens with zero attached hydrogens (tertiary/aromatic N) is 2. The normalized spacial score (nSPS) is 16.8. The summed E-state index contributed by atoms with van der Waals surface area (Å²) < 4.78 is 5.56. The Bertz CT molecular complexity index is 710. The van der Waals surface area contributed by atoms with Gasteiger partial charge in [-0.05, 0) is 42.5 Å². The van der Waals surface area contributed by atoms with Gasteiger partial charge in [-0.25, -0.2) is 0 Å². The van der Waals surface area contributed by atoms with Crippen molar-refractivity contribution in [2.24, 2.45) is 0 Å². The average molecular weight is 340 g/mol. The number of nitrogens with one attached hydrogen (secondary N) is 2. The zero-order valence-corrected chi connectivity index (χ0v) is 14.7. The third-order valence-electron chi connectivity index (χ3n) is 4.26. The molecule has 1 atom stereocenters. The van der Waals surface area contributed by atoms with E-state index in [-0.39, 0.29) is 12.0 Å². The molecule has 132 valence electrons. The molecular formula is C19H24N4O2. The number of para-hydroxylation sites is 1. The van der Waals surface area contributed by atoms with Gasteiger partial charge in [0.25, 0.3) is 5.91 Å². The minimum atomic E-state index is -0.258. The predicted octanol–water partition coefficient (Wildman–Crippen LogP) is 3.44. The Morgan fingerprint density at radius 1 is 1.24 bits per heavy atom. The molecule has 0 aliphatic carbocycles. The maximum Gasteiger partial charge on any atom is 0.276 e. The molecule has 1 amide bonds. The topological polar surface area (TPSA) is 76.1 Å². The van der Waals surface area contributed by atoms with E-state index in [4.69, 9.17) is 4.74 Å². The molecule has 1 saturated heterocycles. The molecule has 2 aromatic rings. The quantitative estimate of drug-likeness (QED) is 0.842.